The van der Waals surface area contributed by atoms with Crippen LogP contribution in [0.25, 0.3) is 0 Å². The summed E-state index contributed by atoms with van der Waals surface area (Å²) >= 11 is 0. The second-order valence-electron chi connectivity index (χ2n) is 4.51. The molecule has 0 radical (unpaired) electrons. The van der Waals surface area contributed by atoms with Crippen LogP contribution in [0.4, 0.5) is 5.69 Å². The van der Waals surface area contributed by atoms with Crippen molar-refractivity contribution in [3.05, 3.63) is 39.9 Å². The van der Waals surface area contributed by atoms with Gasteiger partial charge in [0.05, 0.1) is 16.4 Å². The molecule has 0 aliphatic heterocycles. The first-order valence-electron chi connectivity index (χ1n) is 5.23. The molecule has 82 valence electrons. The lowest BCUT2D eigenvalue weighted by molar-refractivity contribution is -0.385. The fraction of sp³-hybridized carbons (Fsp3) is 0.417. The van der Waals surface area contributed by atoms with Gasteiger partial charge in [-0.1, -0.05) is 19.1 Å². The van der Waals surface area contributed by atoms with Crippen molar-refractivity contribution < 1.29 is 4.92 Å². The summed E-state index contributed by atoms with van der Waals surface area (Å²) in [7, 11) is 0. The molecule has 0 atom stereocenters. The highest BCUT2D eigenvalue weighted by molar-refractivity contribution is 5.43. The molecule has 2 rings (SSSR count). The predicted molar refractivity (Wildman–Crippen MR) is 58.8 cm³/mol. The summed E-state index contributed by atoms with van der Waals surface area (Å²) in [5.74, 6) is 0.527. The van der Waals surface area contributed by atoms with Crippen LogP contribution in [0.3, 0.4) is 0 Å². The Bertz CT molecular complexity index is 470. The molecule has 0 unspecified atom stereocenters. The largest absolute Gasteiger partial charge is 0.269 e. The molecule has 4 heteroatoms. The number of nitro benzene ring substituents is 1. The summed E-state index contributed by atoms with van der Waals surface area (Å²) < 4.78 is 0. The predicted octanol–water partition coefficient (Wildman–Crippen LogP) is 2.79. The summed E-state index contributed by atoms with van der Waals surface area (Å²) in [5.41, 5.74) is 0.347. The zero-order valence-corrected chi connectivity index (χ0v) is 9.01. The maximum absolute atomic E-state index is 10.7. The van der Waals surface area contributed by atoms with Gasteiger partial charge in [0.1, 0.15) is 0 Å². The van der Waals surface area contributed by atoms with Crippen molar-refractivity contribution in [1.29, 1.82) is 5.26 Å². The number of nitrogens with zero attached hydrogens (tertiary/aromatic N) is 2. The van der Waals surface area contributed by atoms with Crippen LogP contribution in [0.5, 0.6) is 0 Å². The fourth-order valence-corrected chi connectivity index (χ4v) is 2.44. The van der Waals surface area contributed by atoms with Gasteiger partial charge < -0.3 is 0 Å². The molecule has 0 amide bonds. The Labute approximate surface area is 93.7 Å². The molecule has 4 nitrogen and oxygen atoms in total. The lowest BCUT2D eigenvalue weighted by Gasteiger charge is -2.41. The van der Waals surface area contributed by atoms with Gasteiger partial charge in [0.2, 0.25) is 0 Å². The highest BCUT2D eigenvalue weighted by Gasteiger charge is 2.44. The van der Waals surface area contributed by atoms with E-state index < -0.39 is 10.3 Å². The van der Waals surface area contributed by atoms with Crippen molar-refractivity contribution in [2.45, 2.75) is 25.2 Å². The Morgan fingerprint density at radius 1 is 1.56 bits per heavy atom. The fourth-order valence-electron chi connectivity index (χ4n) is 2.44. The quantitative estimate of drug-likeness (QED) is 0.563. The Hall–Kier alpha value is -1.89. The number of benzene rings is 1. The number of rotatable bonds is 2. The van der Waals surface area contributed by atoms with E-state index in [1.165, 1.54) is 12.1 Å². The van der Waals surface area contributed by atoms with E-state index in [1.54, 1.807) is 6.07 Å². The molecule has 0 aromatic heterocycles. The third-order valence-electron chi connectivity index (χ3n) is 3.22. The topological polar surface area (TPSA) is 66.9 Å². The first kappa shape index (κ1) is 10.6. The van der Waals surface area contributed by atoms with E-state index in [4.69, 9.17) is 0 Å². The van der Waals surface area contributed by atoms with Gasteiger partial charge in [-0.05, 0) is 24.3 Å². The van der Waals surface area contributed by atoms with Crippen molar-refractivity contribution >= 4 is 5.69 Å². The van der Waals surface area contributed by atoms with Gasteiger partial charge >= 0.3 is 0 Å². The molecule has 0 heterocycles. The molecule has 16 heavy (non-hydrogen) atoms. The molecule has 0 bridgehead atoms. The van der Waals surface area contributed by atoms with Crippen molar-refractivity contribution in [3.63, 3.8) is 0 Å². The maximum Gasteiger partial charge on any atom is 0.269 e. The van der Waals surface area contributed by atoms with E-state index in [2.05, 4.69) is 13.0 Å². The van der Waals surface area contributed by atoms with Crippen LogP contribution >= 0.6 is 0 Å². The number of non-ortho nitro benzene ring substituents is 1. The molecular weight excluding hydrogens is 204 g/mol. The van der Waals surface area contributed by atoms with Gasteiger partial charge in [0.15, 0.2) is 0 Å². The van der Waals surface area contributed by atoms with Gasteiger partial charge in [-0.25, -0.2) is 0 Å². The molecule has 1 aliphatic carbocycles. The minimum Gasteiger partial charge on any atom is -0.258 e. The summed E-state index contributed by atoms with van der Waals surface area (Å²) in [4.78, 5) is 10.2. The molecule has 1 aromatic carbocycles. The number of nitriles is 1. The van der Waals surface area contributed by atoms with E-state index >= 15 is 0 Å². The molecule has 0 spiro atoms. The van der Waals surface area contributed by atoms with E-state index in [0.29, 0.717) is 5.92 Å². The van der Waals surface area contributed by atoms with Gasteiger partial charge in [-0.15, -0.1) is 0 Å². The highest BCUT2D eigenvalue weighted by Crippen LogP contribution is 2.47. The van der Waals surface area contributed by atoms with E-state index in [0.717, 1.165) is 18.4 Å². The first-order chi connectivity index (χ1) is 7.57. The van der Waals surface area contributed by atoms with Gasteiger partial charge in [0.25, 0.3) is 5.69 Å². The van der Waals surface area contributed by atoms with Crippen molar-refractivity contribution in [1.82, 2.24) is 0 Å². The zero-order valence-electron chi connectivity index (χ0n) is 9.01. The third-order valence-corrected chi connectivity index (χ3v) is 3.22. The summed E-state index contributed by atoms with van der Waals surface area (Å²) in [6.45, 7) is 2.09. The maximum atomic E-state index is 10.7. The third kappa shape index (κ3) is 1.54. The molecule has 0 saturated heterocycles. The summed E-state index contributed by atoms with van der Waals surface area (Å²) in [6, 6.07) is 8.74. The van der Waals surface area contributed by atoms with Crippen LogP contribution in [0.1, 0.15) is 25.3 Å². The van der Waals surface area contributed by atoms with Crippen LogP contribution in [-0.2, 0) is 5.41 Å². The second kappa shape index (κ2) is 3.60. The van der Waals surface area contributed by atoms with Gasteiger partial charge in [-0.2, -0.15) is 5.26 Å². The van der Waals surface area contributed by atoms with E-state index in [-0.39, 0.29) is 5.69 Å². The highest BCUT2D eigenvalue weighted by atomic mass is 16.6. The minimum absolute atomic E-state index is 0.0617. The van der Waals surface area contributed by atoms with E-state index in [1.807, 2.05) is 6.07 Å². The van der Waals surface area contributed by atoms with E-state index in [9.17, 15) is 15.4 Å². The van der Waals surface area contributed by atoms with Gasteiger partial charge in [-0.3, -0.25) is 10.1 Å². The van der Waals surface area contributed by atoms with Crippen molar-refractivity contribution in [2.24, 2.45) is 5.92 Å². The lowest BCUT2D eigenvalue weighted by Crippen LogP contribution is -2.38. The van der Waals surface area contributed by atoms with Crippen LogP contribution < -0.4 is 0 Å². The second-order valence-corrected chi connectivity index (χ2v) is 4.51. The summed E-state index contributed by atoms with van der Waals surface area (Å²) in [6.07, 6.45) is 1.59. The van der Waals surface area contributed by atoms with Crippen LogP contribution in [0.15, 0.2) is 24.3 Å². The van der Waals surface area contributed by atoms with Crippen molar-refractivity contribution in [3.8, 4) is 6.07 Å². The molecule has 1 aliphatic rings. The van der Waals surface area contributed by atoms with Crippen LogP contribution in [-0.4, -0.2) is 4.92 Å². The standard InChI is InChI=1S/C12H12N2O2/c1-9-6-12(7-9,8-13)10-3-2-4-11(5-10)14(15)16/h2-5,9H,6-7H2,1H3. The molecule has 0 N–H and O–H groups in total. The smallest absolute Gasteiger partial charge is 0.258 e. The van der Waals surface area contributed by atoms with Gasteiger partial charge in [0, 0.05) is 12.1 Å². The molecule has 1 fully saturated rings. The first-order valence-corrected chi connectivity index (χ1v) is 5.23. The Kier molecular flexibility index (Phi) is 2.39. The number of hydrogen-bond acceptors (Lipinski definition) is 3. The Morgan fingerprint density at radius 2 is 2.25 bits per heavy atom. The molecular formula is C12H12N2O2. The van der Waals surface area contributed by atoms with Crippen LogP contribution in [0.2, 0.25) is 0 Å². The zero-order chi connectivity index (χ0) is 11.8. The number of nitro groups is 1. The average Bonchev–Trinajstić information content (AvgIpc) is 2.24. The summed E-state index contributed by atoms with van der Waals surface area (Å²) in [5, 5.41) is 19.9. The average molecular weight is 216 g/mol. The lowest BCUT2D eigenvalue weighted by atomic mass is 9.60. The Morgan fingerprint density at radius 3 is 2.75 bits per heavy atom. The SMILES string of the molecule is CC1CC(C#N)(c2cccc([N+](=O)[O-])c2)C1. The molecule has 1 saturated carbocycles. The minimum atomic E-state index is -0.495. The van der Waals surface area contributed by atoms with Crippen LogP contribution in [0, 0.1) is 27.4 Å². The normalized spacial score (nSPS) is 27.9. The number of hydrogen-bond donors (Lipinski definition) is 0. The van der Waals surface area contributed by atoms with Crippen molar-refractivity contribution in [2.75, 3.05) is 0 Å². The monoisotopic (exact) mass is 216 g/mol. The molecule has 1 aromatic rings. The Balaban J connectivity index is 2.37.